The molecule has 4 nitrogen and oxygen atoms in total. The Morgan fingerprint density at radius 3 is 2.24 bits per heavy atom. The van der Waals surface area contributed by atoms with Crippen molar-refractivity contribution in [1.29, 1.82) is 0 Å². The lowest BCUT2D eigenvalue weighted by Crippen LogP contribution is -2.29. The van der Waals surface area contributed by atoms with Crippen molar-refractivity contribution in [3.05, 3.63) is 35.4 Å². The van der Waals surface area contributed by atoms with Gasteiger partial charge in [0, 0.05) is 25.6 Å². The first-order valence-electron chi connectivity index (χ1n) is 6.32. The molecule has 1 amide bonds. The van der Waals surface area contributed by atoms with Crippen LogP contribution in [0.1, 0.15) is 28.8 Å². The molecule has 0 unspecified atom stereocenters. The summed E-state index contributed by atoms with van der Waals surface area (Å²) in [5, 5.41) is 8.55. The van der Waals surface area contributed by atoms with Crippen LogP contribution in [-0.4, -0.2) is 41.7 Å². The van der Waals surface area contributed by atoms with E-state index in [-0.39, 0.29) is 25.3 Å². The molecule has 0 radical (unpaired) electrons. The number of benzene rings is 1. The number of rotatable bonds is 6. The van der Waals surface area contributed by atoms with Gasteiger partial charge in [0.1, 0.15) is 0 Å². The van der Waals surface area contributed by atoms with Crippen molar-refractivity contribution in [1.82, 2.24) is 4.90 Å². The molecule has 21 heavy (non-hydrogen) atoms. The zero-order valence-electron chi connectivity index (χ0n) is 11.5. The third-order valence-corrected chi connectivity index (χ3v) is 2.91. The molecule has 7 heteroatoms. The van der Waals surface area contributed by atoms with Crippen molar-refractivity contribution >= 4 is 11.9 Å². The van der Waals surface area contributed by atoms with Gasteiger partial charge in [0.2, 0.25) is 0 Å². The lowest BCUT2D eigenvalue weighted by atomic mass is 10.1. The number of hydrogen-bond acceptors (Lipinski definition) is 2. The highest BCUT2D eigenvalue weighted by Crippen LogP contribution is 2.22. The Labute approximate surface area is 120 Å². The summed E-state index contributed by atoms with van der Waals surface area (Å²) in [6.45, 7) is 0.0734. The largest absolute Gasteiger partial charge is 0.481 e. The lowest BCUT2D eigenvalue weighted by molar-refractivity contribution is -0.137. The van der Waals surface area contributed by atoms with Crippen molar-refractivity contribution in [3.8, 4) is 0 Å². The van der Waals surface area contributed by atoms with Gasteiger partial charge in [-0.3, -0.25) is 9.59 Å². The van der Waals surface area contributed by atoms with Crippen molar-refractivity contribution < 1.29 is 27.9 Å². The van der Waals surface area contributed by atoms with Crippen molar-refractivity contribution in [3.63, 3.8) is 0 Å². The summed E-state index contributed by atoms with van der Waals surface area (Å²) >= 11 is 0. The fourth-order valence-corrected chi connectivity index (χ4v) is 1.69. The van der Waals surface area contributed by atoms with E-state index in [4.69, 9.17) is 5.11 Å². The molecule has 116 valence electrons. The number of carboxylic acid groups (broad SMARTS) is 1. The van der Waals surface area contributed by atoms with Crippen LogP contribution >= 0.6 is 0 Å². The SMILES string of the molecule is CN(CCC(=O)O)C(=O)c1ccc(CCC(F)(F)F)cc1. The monoisotopic (exact) mass is 303 g/mol. The normalized spacial score (nSPS) is 11.2. The molecular formula is C14H16F3NO3. The second kappa shape index (κ2) is 7.10. The van der Waals surface area contributed by atoms with Crippen LogP contribution in [-0.2, 0) is 11.2 Å². The second-order valence-corrected chi connectivity index (χ2v) is 4.68. The smallest absolute Gasteiger partial charge is 0.389 e. The summed E-state index contributed by atoms with van der Waals surface area (Å²) in [5.74, 6) is -1.37. The molecule has 0 aromatic heterocycles. The highest BCUT2D eigenvalue weighted by Gasteiger charge is 2.26. The van der Waals surface area contributed by atoms with E-state index in [1.165, 1.54) is 36.2 Å². The molecule has 0 fully saturated rings. The molecule has 0 spiro atoms. The van der Waals surface area contributed by atoms with Gasteiger partial charge in [-0.15, -0.1) is 0 Å². The summed E-state index contributed by atoms with van der Waals surface area (Å²) in [6, 6.07) is 5.85. The first-order valence-corrected chi connectivity index (χ1v) is 6.32. The van der Waals surface area contributed by atoms with Crippen LogP contribution in [0.5, 0.6) is 0 Å². The molecule has 1 aromatic rings. The molecule has 1 aromatic carbocycles. The lowest BCUT2D eigenvalue weighted by Gasteiger charge is -2.16. The Balaban J connectivity index is 2.60. The Hall–Kier alpha value is -2.05. The predicted octanol–water partition coefficient (Wildman–Crippen LogP) is 2.73. The fraction of sp³-hybridized carbons (Fsp3) is 0.429. The third-order valence-electron chi connectivity index (χ3n) is 2.91. The van der Waals surface area contributed by atoms with E-state index in [0.29, 0.717) is 11.1 Å². The van der Waals surface area contributed by atoms with E-state index in [1.54, 1.807) is 0 Å². The fourth-order valence-electron chi connectivity index (χ4n) is 1.69. The standard InChI is InChI=1S/C14H16F3NO3/c1-18(9-7-12(19)20)13(21)11-4-2-10(3-5-11)6-8-14(15,16)17/h2-5H,6-9H2,1H3,(H,19,20). The molecule has 0 bridgehead atoms. The molecule has 0 saturated heterocycles. The van der Waals surface area contributed by atoms with E-state index in [1.807, 2.05) is 0 Å². The molecule has 0 atom stereocenters. The minimum absolute atomic E-state index is 0.0734. The van der Waals surface area contributed by atoms with E-state index in [2.05, 4.69) is 0 Å². The summed E-state index contributed by atoms with van der Waals surface area (Å²) in [5.41, 5.74) is 0.815. The van der Waals surface area contributed by atoms with E-state index < -0.39 is 18.6 Å². The Morgan fingerprint density at radius 2 is 1.76 bits per heavy atom. The highest BCUT2D eigenvalue weighted by molar-refractivity contribution is 5.94. The average molecular weight is 303 g/mol. The zero-order chi connectivity index (χ0) is 16.0. The number of aliphatic carboxylic acids is 1. The van der Waals surface area contributed by atoms with Crippen LogP contribution in [0.15, 0.2) is 24.3 Å². The summed E-state index contributed by atoms with van der Waals surface area (Å²) < 4.78 is 36.3. The van der Waals surface area contributed by atoms with Crippen LogP contribution in [0.3, 0.4) is 0 Å². The summed E-state index contributed by atoms with van der Waals surface area (Å²) in [7, 11) is 1.48. The summed E-state index contributed by atoms with van der Waals surface area (Å²) in [6.07, 6.45) is -5.40. The Morgan fingerprint density at radius 1 is 1.19 bits per heavy atom. The third kappa shape index (κ3) is 6.29. The zero-order valence-corrected chi connectivity index (χ0v) is 11.5. The van der Waals surface area contributed by atoms with Crippen molar-refractivity contribution in [2.24, 2.45) is 0 Å². The first-order chi connectivity index (χ1) is 9.69. The maximum absolute atomic E-state index is 12.1. The topological polar surface area (TPSA) is 57.6 Å². The number of aryl methyl sites for hydroxylation is 1. The van der Waals surface area contributed by atoms with E-state index in [0.717, 1.165) is 0 Å². The quantitative estimate of drug-likeness (QED) is 0.879. The molecule has 1 rings (SSSR count). The Bertz CT molecular complexity index is 497. The van der Waals surface area contributed by atoms with Gasteiger partial charge in [-0.05, 0) is 24.1 Å². The number of carboxylic acids is 1. The number of carbonyl (C=O) groups is 2. The van der Waals surface area contributed by atoms with Crippen LogP contribution in [0.25, 0.3) is 0 Å². The maximum atomic E-state index is 12.1. The van der Waals surface area contributed by atoms with Crippen LogP contribution in [0.4, 0.5) is 13.2 Å². The first kappa shape index (κ1) is 17.0. The number of carbonyl (C=O) groups excluding carboxylic acids is 1. The van der Waals surface area contributed by atoms with E-state index in [9.17, 15) is 22.8 Å². The van der Waals surface area contributed by atoms with Gasteiger partial charge in [0.05, 0.1) is 6.42 Å². The highest BCUT2D eigenvalue weighted by atomic mass is 19.4. The molecule has 1 N–H and O–H groups in total. The molecule has 0 aliphatic heterocycles. The van der Waals surface area contributed by atoms with E-state index >= 15 is 0 Å². The average Bonchev–Trinajstić information content (AvgIpc) is 2.41. The minimum Gasteiger partial charge on any atom is -0.481 e. The van der Waals surface area contributed by atoms with Gasteiger partial charge in [-0.1, -0.05) is 12.1 Å². The van der Waals surface area contributed by atoms with Gasteiger partial charge in [0.15, 0.2) is 0 Å². The predicted molar refractivity (Wildman–Crippen MR) is 70.0 cm³/mol. The van der Waals surface area contributed by atoms with Crippen molar-refractivity contribution in [2.75, 3.05) is 13.6 Å². The van der Waals surface area contributed by atoms with Crippen LogP contribution in [0.2, 0.25) is 0 Å². The van der Waals surface area contributed by atoms with Gasteiger partial charge in [-0.25, -0.2) is 0 Å². The van der Waals surface area contributed by atoms with Crippen LogP contribution in [0, 0.1) is 0 Å². The number of hydrogen-bond donors (Lipinski definition) is 1. The maximum Gasteiger partial charge on any atom is 0.389 e. The molecule has 0 aliphatic carbocycles. The molecular weight excluding hydrogens is 287 g/mol. The Kier molecular flexibility index (Phi) is 5.75. The van der Waals surface area contributed by atoms with Crippen LogP contribution < -0.4 is 0 Å². The van der Waals surface area contributed by atoms with Gasteiger partial charge >= 0.3 is 12.1 Å². The number of amides is 1. The minimum atomic E-state index is -4.20. The number of alkyl halides is 3. The van der Waals surface area contributed by atoms with Gasteiger partial charge in [0.25, 0.3) is 5.91 Å². The number of nitrogens with zero attached hydrogens (tertiary/aromatic N) is 1. The molecule has 0 heterocycles. The van der Waals surface area contributed by atoms with Crippen molar-refractivity contribution in [2.45, 2.75) is 25.4 Å². The molecule has 0 aliphatic rings. The summed E-state index contributed by atoms with van der Waals surface area (Å²) in [4.78, 5) is 23.6. The second-order valence-electron chi connectivity index (χ2n) is 4.68. The van der Waals surface area contributed by atoms with Gasteiger partial charge in [-0.2, -0.15) is 13.2 Å². The van der Waals surface area contributed by atoms with Gasteiger partial charge < -0.3 is 10.0 Å². The molecule has 0 saturated carbocycles. The number of halogens is 3.